The van der Waals surface area contributed by atoms with Gasteiger partial charge in [-0.25, -0.2) is 4.98 Å². The van der Waals surface area contributed by atoms with E-state index in [0.29, 0.717) is 12.2 Å². The molecule has 2 aromatic heterocycles. The summed E-state index contributed by atoms with van der Waals surface area (Å²) in [6.07, 6.45) is 2.16. The van der Waals surface area contributed by atoms with Crippen molar-refractivity contribution in [2.75, 3.05) is 5.32 Å². The summed E-state index contributed by atoms with van der Waals surface area (Å²) in [5.41, 5.74) is 0.852. The minimum Gasteiger partial charge on any atom is -0.379 e. The first-order valence-electron chi connectivity index (χ1n) is 6.60. The number of amides is 1. The fourth-order valence-corrected chi connectivity index (χ4v) is 2.73. The number of anilines is 1. The van der Waals surface area contributed by atoms with E-state index in [1.165, 1.54) is 0 Å². The van der Waals surface area contributed by atoms with Crippen molar-refractivity contribution in [3.63, 3.8) is 0 Å². The lowest BCUT2D eigenvalue weighted by molar-refractivity contribution is -0.135. The average molecular weight is 301 g/mol. The third kappa shape index (κ3) is 2.80. The van der Waals surface area contributed by atoms with Crippen molar-refractivity contribution in [2.45, 2.75) is 25.9 Å². The largest absolute Gasteiger partial charge is 0.379 e. The van der Waals surface area contributed by atoms with Gasteiger partial charge in [-0.3, -0.25) is 4.79 Å². The minimum atomic E-state index is -0.994. The standard InChI is InChI=1S/C15H15N3O2S/c1-10-5-6-13(16-9-10)17-14(19)15(2)8-11(18-20-15)12-4-3-7-21-12/h3-7,9H,8H2,1-2H3,(H,16,17,19)/t15-/m0/s1. The summed E-state index contributed by atoms with van der Waals surface area (Å²) < 4.78 is 0. The number of aromatic nitrogens is 1. The highest BCUT2D eigenvalue weighted by molar-refractivity contribution is 7.12. The summed E-state index contributed by atoms with van der Waals surface area (Å²) in [5.74, 6) is 0.272. The summed E-state index contributed by atoms with van der Waals surface area (Å²) in [6.45, 7) is 3.68. The lowest BCUT2D eigenvalue weighted by atomic mass is 9.98. The Morgan fingerprint density at radius 2 is 2.29 bits per heavy atom. The van der Waals surface area contributed by atoms with Crippen LogP contribution in [0.3, 0.4) is 0 Å². The van der Waals surface area contributed by atoms with E-state index < -0.39 is 5.60 Å². The molecule has 2 aromatic rings. The lowest BCUT2D eigenvalue weighted by Crippen LogP contribution is -2.40. The van der Waals surface area contributed by atoms with E-state index in [4.69, 9.17) is 4.84 Å². The highest BCUT2D eigenvalue weighted by atomic mass is 32.1. The number of pyridine rings is 1. The average Bonchev–Trinajstić information content (AvgIpc) is 3.11. The molecule has 0 bridgehead atoms. The number of carbonyl (C=O) groups excluding carboxylic acids is 1. The zero-order chi connectivity index (χ0) is 14.9. The topological polar surface area (TPSA) is 63.6 Å². The van der Waals surface area contributed by atoms with E-state index in [1.54, 1.807) is 30.5 Å². The Labute approximate surface area is 126 Å². The predicted octanol–water partition coefficient (Wildman–Crippen LogP) is 2.97. The van der Waals surface area contributed by atoms with Crippen LogP contribution in [-0.2, 0) is 9.63 Å². The van der Waals surface area contributed by atoms with E-state index in [1.807, 2.05) is 30.5 Å². The van der Waals surface area contributed by atoms with Crippen LogP contribution in [0.15, 0.2) is 41.0 Å². The number of thiophene rings is 1. The third-order valence-corrected chi connectivity index (χ3v) is 4.22. The van der Waals surface area contributed by atoms with E-state index in [2.05, 4.69) is 15.5 Å². The molecule has 3 heterocycles. The first-order chi connectivity index (χ1) is 10.1. The molecule has 1 aliphatic rings. The molecule has 0 unspecified atom stereocenters. The minimum absolute atomic E-state index is 0.242. The monoisotopic (exact) mass is 301 g/mol. The summed E-state index contributed by atoms with van der Waals surface area (Å²) >= 11 is 1.58. The second-order valence-electron chi connectivity index (χ2n) is 5.19. The molecule has 21 heavy (non-hydrogen) atoms. The van der Waals surface area contributed by atoms with Crippen LogP contribution >= 0.6 is 11.3 Å². The Balaban J connectivity index is 1.69. The molecule has 1 amide bonds. The molecule has 3 rings (SSSR count). The molecule has 5 nitrogen and oxygen atoms in total. The summed E-state index contributed by atoms with van der Waals surface area (Å²) in [5, 5.41) is 8.80. The van der Waals surface area contributed by atoms with Gasteiger partial charge in [0.25, 0.3) is 5.91 Å². The van der Waals surface area contributed by atoms with Crippen LogP contribution in [-0.4, -0.2) is 22.2 Å². The van der Waals surface area contributed by atoms with Crippen molar-refractivity contribution in [3.05, 3.63) is 46.3 Å². The quantitative estimate of drug-likeness (QED) is 0.948. The zero-order valence-electron chi connectivity index (χ0n) is 11.8. The molecule has 0 aliphatic carbocycles. The molecule has 1 aliphatic heterocycles. The van der Waals surface area contributed by atoms with Gasteiger partial charge in [0.05, 0.1) is 4.88 Å². The van der Waals surface area contributed by atoms with Gasteiger partial charge < -0.3 is 10.2 Å². The Morgan fingerprint density at radius 3 is 2.95 bits per heavy atom. The molecule has 0 radical (unpaired) electrons. The van der Waals surface area contributed by atoms with Crippen LogP contribution in [0.5, 0.6) is 0 Å². The van der Waals surface area contributed by atoms with Crippen molar-refractivity contribution >= 4 is 28.8 Å². The second-order valence-corrected chi connectivity index (χ2v) is 6.14. The number of hydrogen-bond acceptors (Lipinski definition) is 5. The molecule has 0 fully saturated rings. The number of rotatable bonds is 3. The number of carbonyl (C=O) groups is 1. The fraction of sp³-hybridized carbons (Fsp3) is 0.267. The highest BCUT2D eigenvalue weighted by Crippen LogP contribution is 2.29. The fourth-order valence-electron chi connectivity index (χ4n) is 2.03. The van der Waals surface area contributed by atoms with E-state index in [9.17, 15) is 4.79 Å². The van der Waals surface area contributed by atoms with Crippen molar-refractivity contribution < 1.29 is 9.63 Å². The molecule has 1 N–H and O–H groups in total. The molecule has 6 heteroatoms. The number of hydrogen-bond donors (Lipinski definition) is 1. The maximum atomic E-state index is 12.4. The normalized spacial score (nSPS) is 20.8. The van der Waals surface area contributed by atoms with Gasteiger partial charge in [-0.15, -0.1) is 11.3 Å². The number of oxime groups is 1. The Kier molecular flexibility index (Phi) is 3.47. The van der Waals surface area contributed by atoms with Crippen molar-refractivity contribution in [3.8, 4) is 0 Å². The number of nitrogens with one attached hydrogen (secondary N) is 1. The van der Waals surface area contributed by atoms with Crippen LogP contribution in [0.1, 0.15) is 23.8 Å². The lowest BCUT2D eigenvalue weighted by Gasteiger charge is -2.19. The van der Waals surface area contributed by atoms with E-state index >= 15 is 0 Å². The van der Waals surface area contributed by atoms with Gasteiger partial charge in [-0.1, -0.05) is 17.3 Å². The number of nitrogens with zero attached hydrogens (tertiary/aromatic N) is 2. The molecular formula is C15H15N3O2S. The van der Waals surface area contributed by atoms with Crippen molar-refractivity contribution in [1.29, 1.82) is 0 Å². The summed E-state index contributed by atoms with van der Waals surface area (Å²) in [6, 6.07) is 7.59. The number of aryl methyl sites for hydroxylation is 1. The molecule has 0 spiro atoms. The molecule has 108 valence electrons. The highest BCUT2D eigenvalue weighted by Gasteiger charge is 2.42. The smallest absolute Gasteiger partial charge is 0.272 e. The summed E-state index contributed by atoms with van der Waals surface area (Å²) in [4.78, 5) is 23.0. The van der Waals surface area contributed by atoms with Gasteiger partial charge >= 0.3 is 0 Å². The SMILES string of the molecule is Cc1ccc(NC(=O)[C@]2(C)CC(c3cccs3)=NO2)nc1. The van der Waals surface area contributed by atoms with Gasteiger partial charge in [0, 0.05) is 12.6 Å². The van der Waals surface area contributed by atoms with Gasteiger partial charge in [-0.05, 0) is 36.9 Å². The first kappa shape index (κ1) is 13.8. The van der Waals surface area contributed by atoms with Gasteiger partial charge in [0.1, 0.15) is 11.5 Å². The van der Waals surface area contributed by atoms with Gasteiger partial charge in [0.15, 0.2) is 0 Å². The van der Waals surface area contributed by atoms with Crippen LogP contribution in [0.25, 0.3) is 0 Å². The van der Waals surface area contributed by atoms with E-state index in [0.717, 1.165) is 16.2 Å². The Morgan fingerprint density at radius 1 is 1.43 bits per heavy atom. The maximum Gasteiger partial charge on any atom is 0.272 e. The molecule has 0 saturated carbocycles. The van der Waals surface area contributed by atoms with E-state index in [-0.39, 0.29) is 5.91 Å². The van der Waals surface area contributed by atoms with Crippen LogP contribution in [0, 0.1) is 6.92 Å². The molecule has 1 atom stereocenters. The van der Waals surface area contributed by atoms with Crippen molar-refractivity contribution in [2.24, 2.45) is 5.16 Å². The Hall–Kier alpha value is -2.21. The zero-order valence-corrected chi connectivity index (χ0v) is 12.6. The van der Waals surface area contributed by atoms with Gasteiger partial charge in [0.2, 0.25) is 5.60 Å². The third-order valence-electron chi connectivity index (χ3n) is 3.30. The van der Waals surface area contributed by atoms with Crippen LogP contribution in [0.2, 0.25) is 0 Å². The van der Waals surface area contributed by atoms with Gasteiger partial charge in [-0.2, -0.15) is 0 Å². The molecule has 0 saturated heterocycles. The maximum absolute atomic E-state index is 12.4. The predicted molar refractivity (Wildman–Crippen MR) is 82.6 cm³/mol. The first-order valence-corrected chi connectivity index (χ1v) is 7.48. The van der Waals surface area contributed by atoms with Crippen LogP contribution in [0.4, 0.5) is 5.82 Å². The molecule has 0 aromatic carbocycles. The second kappa shape index (κ2) is 5.29. The Bertz CT molecular complexity index is 679. The summed E-state index contributed by atoms with van der Waals surface area (Å²) in [7, 11) is 0. The van der Waals surface area contributed by atoms with Crippen molar-refractivity contribution in [1.82, 2.24) is 4.98 Å². The molecular weight excluding hydrogens is 286 g/mol. The van der Waals surface area contributed by atoms with Crippen LogP contribution < -0.4 is 5.32 Å².